The minimum absolute atomic E-state index is 0.0552. The second kappa shape index (κ2) is 17.8. The van der Waals surface area contributed by atoms with E-state index in [1.807, 2.05) is 62.3 Å². The van der Waals surface area contributed by atoms with Crippen molar-refractivity contribution in [2.45, 2.75) is 169 Å². The lowest BCUT2D eigenvalue weighted by molar-refractivity contribution is -0.397. The van der Waals surface area contributed by atoms with E-state index in [4.69, 9.17) is 56.8 Å². The molecule has 0 aromatic rings. The molecule has 12 heteroatoms. The summed E-state index contributed by atoms with van der Waals surface area (Å²) in [4.78, 5) is 0. The molecule has 9 atom stereocenters. The third-order valence-corrected chi connectivity index (χ3v) is 8.46. The van der Waals surface area contributed by atoms with E-state index in [-0.39, 0.29) is 38.1 Å². The third-order valence-electron chi connectivity index (χ3n) is 8.46. The van der Waals surface area contributed by atoms with Crippen LogP contribution in [0.2, 0.25) is 0 Å². The molecule has 0 radical (unpaired) electrons. The zero-order chi connectivity index (χ0) is 33.1. The number of ether oxygens (including phenoxy) is 12. The van der Waals surface area contributed by atoms with Gasteiger partial charge in [0.25, 0.3) is 17.9 Å². The Morgan fingerprint density at radius 2 is 0.822 bits per heavy atom. The van der Waals surface area contributed by atoms with Crippen molar-refractivity contribution in [2.24, 2.45) is 5.41 Å². The largest absolute Gasteiger partial charge is 0.352 e. The number of hydrogen-bond donors (Lipinski definition) is 0. The van der Waals surface area contributed by atoms with Crippen LogP contribution in [0.4, 0.5) is 0 Å². The van der Waals surface area contributed by atoms with Gasteiger partial charge in [-0.2, -0.15) is 0 Å². The molecule has 0 aromatic carbocycles. The van der Waals surface area contributed by atoms with Gasteiger partial charge in [0.15, 0.2) is 18.9 Å². The van der Waals surface area contributed by atoms with Crippen LogP contribution in [0, 0.1) is 5.41 Å². The van der Waals surface area contributed by atoms with Gasteiger partial charge in [0.05, 0.1) is 58.0 Å². The molecule has 12 nitrogen and oxygen atoms in total. The minimum atomic E-state index is -1.12. The van der Waals surface area contributed by atoms with E-state index in [0.29, 0.717) is 64.8 Å². The van der Waals surface area contributed by atoms with Gasteiger partial charge in [0, 0.05) is 24.7 Å². The van der Waals surface area contributed by atoms with Crippen LogP contribution in [-0.2, 0) is 56.8 Å². The van der Waals surface area contributed by atoms with Gasteiger partial charge in [0.2, 0.25) is 0 Å². The maximum absolute atomic E-state index is 6.46. The van der Waals surface area contributed by atoms with Crippen LogP contribution in [0.25, 0.3) is 0 Å². The fourth-order valence-electron chi connectivity index (χ4n) is 5.40. The molecule has 45 heavy (non-hydrogen) atoms. The summed E-state index contributed by atoms with van der Waals surface area (Å²) in [6.45, 7) is 22.2. The predicted molar refractivity (Wildman–Crippen MR) is 165 cm³/mol. The van der Waals surface area contributed by atoms with Gasteiger partial charge in [-0.25, -0.2) is 0 Å². The Kier molecular flexibility index (Phi) is 15.4. The Hall–Kier alpha value is -0.480. The SMILES string of the molecule is CCC(OCC(CC)(COC(CC)OC1(CC)OCC(C)O1)COC(CC)OC1(CC)OCC(C)O1)OC1(CC)OCC(C)O1. The summed E-state index contributed by atoms with van der Waals surface area (Å²) in [7, 11) is 0. The van der Waals surface area contributed by atoms with Gasteiger partial charge in [-0.05, 0) is 46.5 Å². The van der Waals surface area contributed by atoms with E-state index in [1.165, 1.54) is 0 Å². The summed E-state index contributed by atoms with van der Waals surface area (Å²) in [5, 5.41) is 0. The Labute approximate surface area is 271 Å². The Morgan fingerprint density at radius 3 is 1.00 bits per heavy atom. The van der Waals surface area contributed by atoms with Crippen LogP contribution in [0.15, 0.2) is 0 Å². The maximum Gasteiger partial charge on any atom is 0.285 e. The van der Waals surface area contributed by atoms with Crippen molar-refractivity contribution in [2.75, 3.05) is 39.6 Å². The van der Waals surface area contributed by atoms with Crippen LogP contribution >= 0.6 is 0 Å². The lowest BCUT2D eigenvalue weighted by atomic mass is 9.88. The highest BCUT2D eigenvalue weighted by molar-refractivity contribution is 4.80. The van der Waals surface area contributed by atoms with Crippen molar-refractivity contribution in [1.82, 2.24) is 0 Å². The molecule has 0 N–H and O–H groups in total. The second-order valence-electron chi connectivity index (χ2n) is 12.5. The van der Waals surface area contributed by atoms with Crippen LogP contribution in [0.3, 0.4) is 0 Å². The van der Waals surface area contributed by atoms with E-state index < -0.39 is 42.2 Å². The van der Waals surface area contributed by atoms with Crippen molar-refractivity contribution < 1.29 is 56.8 Å². The molecule has 3 saturated heterocycles. The van der Waals surface area contributed by atoms with Crippen LogP contribution in [-0.4, -0.2) is 94.7 Å². The highest BCUT2D eigenvalue weighted by Gasteiger charge is 2.45. The second-order valence-corrected chi connectivity index (χ2v) is 12.5. The first kappa shape index (κ1) is 39.0. The standard InChI is InChI=1S/C33H62O12/c1-11-27(43-31(15-5)37-18-24(8)40-31)34-21-30(14-4,22-35-28(12-2)44-32(16-6)38-19-25(9)41-32)23-36-29(13-3)45-33(17-7)39-20-26(10)42-33/h24-29H,11-23H2,1-10H3. The van der Waals surface area contributed by atoms with Crippen molar-refractivity contribution >= 4 is 0 Å². The van der Waals surface area contributed by atoms with Gasteiger partial charge in [-0.1, -0.05) is 48.5 Å². The molecule has 3 aliphatic heterocycles. The molecule has 0 spiro atoms. The van der Waals surface area contributed by atoms with Gasteiger partial charge in [-0.3, -0.25) is 14.2 Å². The van der Waals surface area contributed by atoms with Crippen LogP contribution < -0.4 is 0 Å². The number of hydrogen-bond acceptors (Lipinski definition) is 12. The first-order valence-electron chi connectivity index (χ1n) is 17.3. The molecule has 3 heterocycles. The molecule has 0 bridgehead atoms. The summed E-state index contributed by atoms with van der Waals surface area (Å²) >= 11 is 0. The zero-order valence-corrected chi connectivity index (χ0v) is 29.6. The summed E-state index contributed by atoms with van der Waals surface area (Å²) in [5.41, 5.74) is -0.581. The van der Waals surface area contributed by atoms with E-state index >= 15 is 0 Å². The molecular weight excluding hydrogens is 588 g/mol. The molecule has 0 amide bonds. The predicted octanol–water partition coefficient (Wildman–Crippen LogP) is 6.19. The van der Waals surface area contributed by atoms with Crippen molar-refractivity contribution in [3.05, 3.63) is 0 Å². The summed E-state index contributed by atoms with van der Waals surface area (Å²) in [6, 6.07) is 0. The van der Waals surface area contributed by atoms with Crippen molar-refractivity contribution in [1.29, 1.82) is 0 Å². The van der Waals surface area contributed by atoms with E-state index in [0.717, 1.165) is 0 Å². The third kappa shape index (κ3) is 10.8. The molecule has 266 valence electrons. The minimum Gasteiger partial charge on any atom is -0.352 e. The first-order chi connectivity index (χ1) is 21.5. The average Bonchev–Trinajstić information content (AvgIpc) is 3.74. The monoisotopic (exact) mass is 650 g/mol. The molecule has 3 aliphatic rings. The fraction of sp³-hybridized carbons (Fsp3) is 1.00. The molecule has 3 rings (SSSR count). The summed E-state index contributed by atoms with van der Waals surface area (Å²) < 4.78 is 74.0. The highest BCUT2D eigenvalue weighted by Crippen LogP contribution is 2.35. The quantitative estimate of drug-likeness (QED) is 0.125. The van der Waals surface area contributed by atoms with E-state index in [9.17, 15) is 0 Å². The van der Waals surface area contributed by atoms with Crippen molar-refractivity contribution in [3.63, 3.8) is 0 Å². The van der Waals surface area contributed by atoms with Crippen molar-refractivity contribution in [3.8, 4) is 0 Å². The normalized spacial score (nSPS) is 35.5. The first-order valence-corrected chi connectivity index (χ1v) is 17.3. The smallest absolute Gasteiger partial charge is 0.285 e. The maximum atomic E-state index is 6.46. The molecular formula is C33H62O12. The highest BCUT2D eigenvalue weighted by atomic mass is 16.9. The molecule has 0 aliphatic carbocycles. The Balaban J connectivity index is 1.74. The van der Waals surface area contributed by atoms with Crippen LogP contribution in [0.1, 0.15) is 114 Å². The molecule has 3 fully saturated rings. The zero-order valence-electron chi connectivity index (χ0n) is 29.6. The van der Waals surface area contributed by atoms with Gasteiger partial charge < -0.3 is 42.6 Å². The lowest BCUT2D eigenvalue weighted by Gasteiger charge is -2.38. The topological polar surface area (TPSA) is 111 Å². The molecule has 9 unspecified atom stereocenters. The van der Waals surface area contributed by atoms with Gasteiger partial charge in [-0.15, -0.1) is 0 Å². The van der Waals surface area contributed by atoms with E-state index in [1.54, 1.807) is 0 Å². The average molecular weight is 651 g/mol. The summed E-state index contributed by atoms with van der Waals surface area (Å²) in [6.07, 6.45) is 2.25. The fourth-order valence-corrected chi connectivity index (χ4v) is 5.40. The number of rotatable bonds is 22. The van der Waals surface area contributed by atoms with Gasteiger partial charge >= 0.3 is 0 Å². The molecule has 0 aromatic heterocycles. The summed E-state index contributed by atoms with van der Waals surface area (Å²) in [5.74, 6) is -3.36. The Morgan fingerprint density at radius 1 is 0.533 bits per heavy atom. The Bertz CT molecular complexity index is 746. The van der Waals surface area contributed by atoms with E-state index in [2.05, 4.69) is 6.92 Å². The van der Waals surface area contributed by atoms with Crippen LogP contribution in [0.5, 0.6) is 0 Å². The molecule has 0 saturated carbocycles. The lowest BCUT2D eigenvalue weighted by Crippen LogP contribution is -2.45. The van der Waals surface area contributed by atoms with Gasteiger partial charge in [0.1, 0.15) is 0 Å².